The number of hydrogen-bond donors (Lipinski definition) is 0. The van der Waals surface area contributed by atoms with Crippen LogP contribution in [0.25, 0.3) is 16.8 Å². The van der Waals surface area contributed by atoms with E-state index in [2.05, 4.69) is 28.3 Å². The van der Waals surface area contributed by atoms with E-state index < -0.39 is 0 Å². The lowest BCUT2D eigenvalue weighted by Crippen LogP contribution is -2.36. The average molecular weight is 355 g/mol. The van der Waals surface area contributed by atoms with Crippen LogP contribution in [-0.2, 0) is 5.54 Å². The lowest BCUT2D eigenvalue weighted by atomic mass is 9.96. The number of aryl methyl sites for hydroxylation is 1. The molecule has 1 aliphatic carbocycles. The van der Waals surface area contributed by atoms with Gasteiger partial charge in [-0.25, -0.2) is 4.68 Å². The predicted octanol–water partition coefficient (Wildman–Crippen LogP) is 3.19. The number of nitrogens with zero attached hydrogens (tertiary/aromatic N) is 5. The smallest absolute Gasteiger partial charge is 0.273 e. The Morgan fingerprint density at radius 1 is 1.22 bits per heavy atom. The van der Waals surface area contributed by atoms with E-state index in [4.69, 9.17) is 0 Å². The fourth-order valence-electron chi connectivity index (χ4n) is 4.10. The third-order valence-corrected chi connectivity index (χ3v) is 5.76. The lowest BCUT2D eigenvalue weighted by molar-refractivity contribution is 0.0704. The van der Waals surface area contributed by atoms with Crippen molar-refractivity contribution in [3.05, 3.63) is 65.2 Å². The maximum Gasteiger partial charge on any atom is 0.273 e. The molecular formula is C21H17N5O. The zero-order chi connectivity index (χ0) is 18.8. The van der Waals surface area contributed by atoms with Crippen molar-refractivity contribution in [1.29, 1.82) is 5.26 Å². The molecule has 2 aromatic heterocycles. The second-order valence-corrected chi connectivity index (χ2v) is 7.20. The Morgan fingerprint density at radius 2 is 2.04 bits per heavy atom. The standard InChI is InChI=1S/C21H17N5O/c1-13-16(4-3-9-23-13)14-5-6-17-18(10-14)26-19(11-15(12-22)24-26)20(27)25(2)21(17)7-8-21/h3-6,9-11H,7-8H2,1-2H3. The Kier molecular flexibility index (Phi) is 3.08. The molecule has 3 heterocycles. The van der Waals surface area contributed by atoms with Crippen LogP contribution in [0.15, 0.2) is 42.6 Å². The molecule has 1 saturated carbocycles. The number of benzene rings is 1. The lowest BCUT2D eigenvalue weighted by Gasteiger charge is -2.27. The van der Waals surface area contributed by atoms with Gasteiger partial charge in [0.15, 0.2) is 5.69 Å². The number of nitriles is 1. The van der Waals surface area contributed by atoms with Crippen LogP contribution in [0.5, 0.6) is 0 Å². The van der Waals surface area contributed by atoms with E-state index in [9.17, 15) is 10.1 Å². The molecule has 1 amide bonds. The summed E-state index contributed by atoms with van der Waals surface area (Å²) in [6, 6.07) is 13.8. The zero-order valence-corrected chi connectivity index (χ0v) is 15.1. The van der Waals surface area contributed by atoms with Gasteiger partial charge < -0.3 is 4.90 Å². The summed E-state index contributed by atoms with van der Waals surface area (Å²) in [7, 11) is 1.84. The summed E-state index contributed by atoms with van der Waals surface area (Å²) >= 11 is 0. The molecule has 6 heteroatoms. The van der Waals surface area contributed by atoms with Crippen LogP contribution >= 0.6 is 0 Å². The molecule has 0 atom stereocenters. The van der Waals surface area contributed by atoms with Crippen LogP contribution in [0.3, 0.4) is 0 Å². The SMILES string of the molecule is Cc1ncccc1-c1ccc2c(c1)-n1nc(C#N)cc1C(=O)N(C)C21CC1. The average Bonchev–Trinajstić information content (AvgIpc) is 3.39. The van der Waals surface area contributed by atoms with Gasteiger partial charge in [-0.1, -0.05) is 18.2 Å². The minimum Gasteiger partial charge on any atom is -0.331 e. The molecule has 2 aliphatic rings. The fourth-order valence-corrected chi connectivity index (χ4v) is 4.10. The van der Waals surface area contributed by atoms with E-state index in [1.807, 2.05) is 37.1 Å². The highest BCUT2D eigenvalue weighted by atomic mass is 16.2. The third-order valence-electron chi connectivity index (χ3n) is 5.76. The Balaban J connectivity index is 1.81. The Bertz CT molecular complexity index is 1150. The van der Waals surface area contributed by atoms with Gasteiger partial charge in [0.2, 0.25) is 0 Å². The first-order valence-electron chi connectivity index (χ1n) is 8.90. The monoisotopic (exact) mass is 355 g/mol. The van der Waals surface area contributed by atoms with Gasteiger partial charge in [-0.05, 0) is 37.5 Å². The van der Waals surface area contributed by atoms with Gasteiger partial charge in [-0.2, -0.15) is 10.4 Å². The number of aromatic nitrogens is 3. The summed E-state index contributed by atoms with van der Waals surface area (Å²) in [5.41, 5.74) is 5.35. The molecule has 0 radical (unpaired) electrons. The molecule has 1 spiro atoms. The molecule has 0 N–H and O–H groups in total. The van der Waals surface area contributed by atoms with Gasteiger partial charge in [-0.3, -0.25) is 9.78 Å². The first kappa shape index (κ1) is 15.8. The minimum atomic E-state index is -0.275. The van der Waals surface area contributed by atoms with Crippen LogP contribution in [0.4, 0.5) is 0 Å². The zero-order valence-electron chi connectivity index (χ0n) is 15.1. The molecule has 5 rings (SSSR count). The molecule has 0 saturated heterocycles. The molecule has 27 heavy (non-hydrogen) atoms. The van der Waals surface area contributed by atoms with Crippen LogP contribution in [-0.4, -0.2) is 32.6 Å². The predicted molar refractivity (Wildman–Crippen MR) is 99.3 cm³/mol. The number of rotatable bonds is 1. The number of pyridine rings is 1. The maximum atomic E-state index is 13.0. The molecule has 3 aromatic rings. The van der Waals surface area contributed by atoms with Gasteiger partial charge >= 0.3 is 0 Å². The van der Waals surface area contributed by atoms with E-state index in [1.165, 1.54) is 0 Å². The van der Waals surface area contributed by atoms with Crippen LogP contribution in [0, 0.1) is 18.3 Å². The molecule has 0 bridgehead atoms. The number of carbonyl (C=O) groups excluding carboxylic acids is 1. The van der Waals surface area contributed by atoms with E-state index in [1.54, 1.807) is 16.9 Å². The quantitative estimate of drug-likeness (QED) is 0.672. The summed E-state index contributed by atoms with van der Waals surface area (Å²) in [5.74, 6) is -0.100. The van der Waals surface area contributed by atoms with Gasteiger partial charge in [-0.15, -0.1) is 0 Å². The first-order chi connectivity index (χ1) is 13.0. The van der Waals surface area contributed by atoms with Gasteiger partial charge in [0, 0.05) is 36.1 Å². The Hall–Kier alpha value is -3.46. The number of fused-ring (bicyclic) bond motifs is 4. The first-order valence-corrected chi connectivity index (χ1v) is 8.90. The highest BCUT2D eigenvalue weighted by Crippen LogP contribution is 2.54. The summed E-state index contributed by atoms with van der Waals surface area (Å²) in [4.78, 5) is 19.2. The molecule has 1 fully saturated rings. The van der Waals surface area contributed by atoms with Crippen molar-refractivity contribution >= 4 is 5.91 Å². The Labute approximate surface area is 156 Å². The minimum absolute atomic E-state index is 0.100. The maximum absolute atomic E-state index is 13.0. The van der Waals surface area contributed by atoms with Gasteiger partial charge in [0.25, 0.3) is 5.91 Å². The topological polar surface area (TPSA) is 74.8 Å². The summed E-state index contributed by atoms with van der Waals surface area (Å²) in [6.45, 7) is 1.98. The number of carbonyl (C=O) groups is 1. The van der Waals surface area contributed by atoms with Crippen molar-refractivity contribution in [2.75, 3.05) is 7.05 Å². The highest BCUT2D eigenvalue weighted by Gasteiger charge is 2.53. The van der Waals surface area contributed by atoms with Gasteiger partial charge in [0.05, 0.1) is 11.2 Å². The fraction of sp³-hybridized carbons (Fsp3) is 0.238. The van der Waals surface area contributed by atoms with E-state index in [0.717, 1.165) is 40.9 Å². The Morgan fingerprint density at radius 3 is 2.74 bits per heavy atom. The van der Waals surface area contributed by atoms with Crippen molar-refractivity contribution < 1.29 is 4.79 Å². The summed E-state index contributed by atoms with van der Waals surface area (Å²) in [6.07, 6.45) is 3.65. The van der Waals surface area contributed by atoms with E-state index >= 15 is 0 Å². The molecule has 1 aromatic carbocycles. The number of hydrogen-bond acceptors (Lipinski definition) is 4. The normalized spacial score (nSPS) is 16.5. The van der Waals surface area contributed by atoms with Gasteiger partial charge in [0.1, 0.15) is 11.8 Å². The van der Waals surface area contributed by atoms with Crippen molar-refractivity contribution in [1.82, 2.24) is 19.7 Å². The number of amides is 1. The van der Waals surface area contributed by atoms with Crippen LogP contribution in [0.2, 0.25) is 0 Å². The summed E-state index contributed by atoms with van der Waals surface area (Å²) in [5, 5.41) is 13.7. The van der Waals surface area contributed by atoms with Crippen molar-refractivity contribution in [3.63, 3.8) is 0 Å². The van der Waals surface area contributed by atoms with Crippen molar-refractivity contribution in [2.24, 2.45) is 0 Å². The van der Waals surface area contributed by atoms with Crippen LogP contribution in [0.1, 0.15) is 40.3 Å². The molecular weight excluding hydrogens is 338 g/mol. The molecule has 1 aliphatic heterocycles. The van der Waals surface area contributed by atoms with E-state index in [0.29, 0.717) is 5.69 Å². The summed E-state index contributed by atoms with van der Waals surface area (Å²) < 4.78 is 1.63. The molecule has 0 unspecified atom stereocenters. The molecule has 132 valence electrons. The van der Waals surface area contributed by atoms with Crippen molar-refractivity contribution in [3.8, 4) is 22.9 Å². The highest BCUT2D eigenvalue weighted by molar-refractivity contribution is 5.95. The second-order valence-electron chi connectivity index (χ2n) is 7.20. The largest absolute Gasteiger partial charge is 0.331 e. The van der Waals surface area contributed by atoms with E-state index in [-0.39, 0.29) is 17.1 Å². The molecule has 6 nitrogen and oxygen atoms in total. The second kappa shape index (κ2) is 5.27. The van der Waals surface area contributed by atoms with Crippen molar-refractivity contribution in [2.45, 2.75) is 25.3 Å². The van der Waals surface area contributed by atoms with Crippen LogP contribution < -0.4 is 0 Å². The third kappa shape index (κ3) is 2.08.